The van der Waals surface area contributed by atoms with E-state index in [4.69, 9.17) is 10.1 Å². The monoisotopic (exact) mass is 432 g/mol. The number of hydrogen-bond acceptors (Lipinski definition) is 5. The third kappa shape index (κ3) is 4.72. The number of non-ortho nitro benzene ring substituents is 1. The Hall–Kier alpha value is -3.32. The van der Waals surface area contributed by atoms with Gasteiger partial charge in [0.25, 0.3) is 5.69 Å². The highest BCUT2D eigenvalue weighted by Gasteiger charge is 2.16. The van der Waals surface area contributed by atoms with E-state index in [-0.39, 0.29) is 10.6 Å². The van der Waals surface area contributed by atoms with E-state index < -0.39 is 0 Å². The van der Waals surface area contributed by atoms with E-state index in [1.807, 2.05) is 29.1 Å². The second-order valence-electron chi connectivity index (χ2n) is 7.71. The second-order valence-corrected chi connectivity index (χ2v) is 8.54. The van der Waals surface area contributed by atoms with Gasteiger partial charge in [-0.1, -0.05) is 48.6 Å². The van der Waals surface area contributed by atoms with Crippen LogP contribution in [-0.4, -0.2) is 21.9 Å². The molecule has 3 aromatic rings. The first-order valence-corrected chi connectivity index (χ1v) is 11.2. The van der Waals surface area contributed by atoms with Gasteiger partial charge in [0.1, 0.15) is 0 Å². The second kappa shape index (κ2) is 9.22. The van der Waals surface area contributed by atoms with Gasteiger partial charge in [0.15, 0.2) is 0 Å². The molecule has 0 saturated heterocycles. The quantitative estimate of drug-likeness (QED) is 0.228. The highest BCUT2D eigenvalue weighted by molar-refractivity contribution is 7.07. The molecule has 6 nitrogen and oxygen atoms in total. The zero-order valence-electron chi connectivity index (χ0n) is 17.5. The summed E-state index contributed by atoms with van der Waals surface area (Å²) in [6.45, 7) is 6.40. The highest BCUT2D eigenvalue weighted by atomic mass is 32.1. The van der Waals surface area contributed by atoms with Gasteiger partial charge >= 0.3 is 0 Å². The van der Waals surface area contributed by atoms with Gasteiger partial charge in [-0.25, -0.2) is 4.68 Å². The first-order valence-electron chi connectivity index (χ1n) is 10.3. The lowest BCUT2D eigenvalue weighted by Gasteiger charge is -2.10. The number of aromatic nitrogens is 1. The van der Waals surface area contributed by atoms with Crippen molar-refractivity contribution in [2.24, 2.45) is 10.1 Å². The molecule has 7 heteroatoms. The van der Waals surface area contributed by atoms with Gasteiger partial charge in [-0.3, -0.25) is 15.1 Å². The fraction of sp³-hybridized carbons (Fsp3) is 0.250. The molecule has 0 atom stereocenters. The molecule has 4 rings (SSSR count). The summed E-state index contributed by atoms with van der Waals surface area (Å²) in [6, 6.07) is 15.1. The third-order valence-electron chi connectivity index (χ3n) is 5.18. The van der Waals surface area contributed by atoms with E-state index in [9.17, 15) is 10.1 Å². The Morgan fingerprint density at radius 3 is 2.81 bits per heavy atom. The number of rotatable bonds is 5. The molecular weight excluding hydrogens is 408 g/mol. The van der Waals surface area contributed by atoms with E-state index in [0.29, 0.717) is 6.54 Å². The van der Waals surface area contributed by atoms with Crippen LogP contribution in [0, 0.1) is 10.1 Å². The van der Waals surface area contributed by atoms with Crippen LogP contribution < -0.4 is 4.80 Å². The molecule has 1 aliphatic rings. The van der Waals surface area contributed by atoms with Gasteiger partial charge in [0.05, 0.1) is 22.9 Å². The molecule has 1 aromatic heterocycles. The Labute approximate surface area is 185 Å². The van der Waals surface area contributed by atoms with Crippen LogP contribution in [0.1, 0.15) is 37.3 Å². The van der Waals surface area contributed by atoms with Gasteiger partial charge in [0, 0.05) is 28.6 Å². The molecule has 1 heterocycles. The summed E-state index contributed by atoms with van der Waals surface area (Å²) in [5, 5.41) is 18.3. The highest BCUT2D eigenvalue weighted by Crippen LogP contribution is 2.26. The van der Waals surface area contributed by atoms with E-state index in [1.54, 1.807) is 12.1 Å². The number of hydrogen-bond donors (Lipinski definition) is 0. The molecule has 2 aromatic carbocycles. The van der Waals surface area contributed by atoms with Crippen LogP contribution in [0.15, 0.2) is 76.2 Å². The lowest BCUT2D eigenvalue weighted by atomic mass is 10.0. The van der Waals surface area contributed by atoms with Crippen molar-refractivity contribution in [1.82, 2.24) is 4.68 Å². The van der Waals surface area contributed by atoms with E-state index in [0.717, 1.165) is 53.0 Å². The maximum Gasteiger partial charge on any atom is 0.270 e. The predicted octanol–water partition coefficient (Wildman–Crippen LogP) is 5.58. The zero-order chi connectivity index (χ0) is 21.8. The SMILES string of the molecule is C=C(C)CN=c1scc(-c2cccc([N+](=O)[O-])c2)n1N=C1CCCCc2ccccc21. The number of aryl methyl sites for hydroxylation is 1. The summed E-state index contributed by atoms with van der Waals surface area (Å²) in [7, 11) is 0. The molecular formula is C24H24N4O2S. The average molecular weight is 433 g/mol. The van der Waals surface area contributed by atoms with Crippen LogP contribution in [0.2, 0.25) is 0 Å². The minimum atomic E-state index is -0.375. The number of benzene rings is 2. The number of thiazole rings is 1. The van der Waals surface area contributed by atoms with Gasteiger partial charge in [-0.05, 0) is 38.2 Å². The van der Waals surface area contributed by atoms with Crippen LogP contribution >= 0.6 is 11.3 Å². The van der Waals surface area contributed by atoms with Crippen LogP contribution in [0.5, 0.6) is 0 Å². The minimum absolute atomic E-state index is 0.0585. The largest absolute Gasteiger partial charge is 0.270 e. The van der Waals surface area contributed by atoms with Gasteiger partial charge in [-0.15, -0.1) is 11.3 Å². The fourth-order valence-electron chi connectivity index (χ4n) is 3.67. The third-order valence-corrected chi connectivity index (χ3v) is 6.03. The molecule has 0 unspecified atom stereocenters. The predicted molar refractivity (Wildman–Crippen MR) is 126 cm³/mol. The van der Waals surface area contributed by atoms with Crippen molar-refractivity contribution < 1.29 is 4.92 Å². The zero-order valence-corrected chi connectivity index (χ0v) is 18.3. The van der Waals surface area contributed by atoms with Crippen molar-refractivity contribution in [3.8, 4) is 11.3 Å². The molecule has 0 saturated carbocycles. The number of nitrogens with zero attached hydrogens (tertiary/aromatic N) is 4. The molecule has 31 heavy (non-hydrogen) atoms. The molecule has 0 bridgehead atoms. The van der Waals surface area contributed by atoms with Crippen molar-refractivity contribution >= 4 is 22.7 Å². The standard InChI is InChI=1S/C24H24N4O2S/c1-17(2)15-25-24-27(23(16-31-24)19-10-7-11-20(14-19)28(29)30)26-22-13-6-4-9-18-8-3-5-12-21(18)22/h3,5,7-8,10-12,14,16H,1,4,6,9,13,15H2,2H3. The van der Waals surface area contributed by atoms with Crippen molar-refractivity contribution in [3.63, 3.8) is 0 Å². The summed E-state index contributed by atoms with van der Waals surface area (Å²) in [6.07, 6.45) is 4.14. The first-order chi connectivity index (χ1) is 15.0. The average Bonchev–Trinajstić information content (AvgIpc) is 3.05. The first kappa shape index (κ1) is 20.9. The van der Waals surface area contributed by atoms with Crippen LogP contribution in [0.25, 0.3) is 11.3 Å². The molecule has 158 valence electrons. The number of nitro benzene ring substituents is 1. The summed E-state index contributed by atoms with van der Waals surface area (Å²) < 4.78 is 1.84. The van der Waals surface area contributed by atoms with Crippen molar-refractivity contribution in [2.75, 3.05) is 6.54 Å². The van der Waals surface area contributed by atoms with Gasteiger partial charge in [0.2, 0.25) is 4.80 Å². The van der Waals surface area contributed by atoms with Crippen LogP contribution in [0.4, 0.5) is 5.69 Å². The van der Waals surface area contributed by atoms with Crippen LogP contribution in [0.3, 0.4) is 0 Å². The summed E-state index contributed by atoms with van der Waals surface area (Å²) in [4.78, 5) is 16.4. The van der Waals surface area contributed by atoms with E-state index >= 15 is 0 Å². The molecule has 0 spiro atoms. The van der Waals surface area contributed by atoms with E-state index in [2.05, 4.69) is 24.8 Å². The Morgan fingerprint density at radius 2 is 2.00 bits per heavy atom. The molecule has 0 radical (unpaired) electrons. The molecule has 1 aliphatic carbocycles. The van der Waals surface area contributed by atoms with E-state index in [1.165, 1.54) is 28.5 Å². The maximum absolute atomic E-state index is 11.3. The fourth-order valence-corrected chi connectivity index (χ4v) is 4.50. The lowest BCUT2D eigenvalue weighted by molar-refractivity contribution is -0.384. The minimum Gasteiger partial charge on any atom is -0.258 e. The van der Waals surface area contributed by atoms with Crippen LogP contribution in [-0.2, 0) is 6.42 Å². The lowest BCUT2D eigenvalue weighted by Crippen LogP contribution is -2.16. The number of nitro groups is 1. The van der Waals surface area contributed by atoms with Crippen molar-refractivity contribution in [1.29, 1.82) is 0 Å². The van der Waals surface area contributed by atoms with Gasteiger partial charge < -0.3 is 0 Å². The molecule has 0 fully saturated rings. The molecule has 0 N–H and O–H groups in total. The smallest absolute Gasteiger partial charge is 0.258 e. The summed E-state index contributed by atoms with van der Waals surface area (Å²) in [5.74, 6) is 0. The van der Waals surface area contributed by atoms with Crippen molar-refractivity contribution in [3.05, 3.63) is 92.1 Å². The topological polar surface area (TPSA) is 72.8 Å². The summed E-state index contributed by atoms with van der Waals surface area (Å²) in [5.41, 5.74) is 6.07. The van der Waals surface area contributed by atoms with Crippen molar-refractivity contribution in [2.45, 2.75) is 32.6 Å². The maximum atomic E-state index is 11.3. The number of fused-ring (bicyclic) bond motifs is 1. The molecule has 0 aliphatic heterocycles. The Balaban J connectivity index is 1.90. The normalized spacial score (nSPS) is 15.5. The molecule has 0 amide bonds. The Bertz CT molecular complexity index is 1240. The summed E-state index contributed by atoms with van der Waals surface area (Å²) >= 11 is 1.48. The van der Waals surface area contributed by atoms with Gasteiger partial charge in [-0.2, -0.15) is 5.10 Å². The Morgan fingerprint density at radius 1 is 1.19 bits per heavy atom. The Kier molecular flexibility index (Phi) is 6.23.